The van der Waals surface area contributed by atoms with Crippen molar-refractivity contribution in [3.8, 4) is 6.07 Å². The second kappa shape index (κ2) is 5.10. The second-order valence-corrected chi connectivity index (χ2v) is 1.83. The summed E-state index contributed by atoms with van der Waals surface area (Å²) in [5.41, 5.74) is 0. The third-order valence-electron chi connectivity index (χ3n) is 1.10. The normalized spacial score (nSPS) is 13.7. The average Bonchev–Trinajstić information content (AvgIpc) is 1.61. The molecule has 1 fully saturated rings. The second-order valence-electron chi connectivity index (χ2n) is 1.83. The molecule has 3 nitrogen and oxygen atoms in total. The highest BCUT2D eigenvalue weighted by Gasteiger charge is 1.95. The summed E-state index contributed by atoms with van der Waals surface area (Å²) in [4.78, 5) is 9.01. The molecule has 1 saturated carbocycles. The zero-order valence-electron chi connectivity index (χ0n) is 5.13. The zero-order valence-corrected chi connectivity index (χ0v) is 5.13. The molecule has 0 aromatic carbocycles. The van der Waals surface area contributed by atoms with E-state index in [2.05, 4.69) is 0 Å². The third kappa shape index (κ3) is 6.96. The molecular formula is C6H9NO2. The smallest absolute Gasteiger partial charge is 0.408 e. The minimum absolute atomic E-state index is 0.944. The molecular weight excluding hydrogens is 118 g/mol. The Kier molecular flexibility index (Phi) is 4.51. The van der Waals surface area contributed by atoms with E-state index in [1.807, 2.05) is 0 Å². The van der Waals surface area contributed by atoms with Crippen LogP contribution in [0.3, 0.4) is 0 Å². The van der Waals surface area contributed by atoms with E-state index in [0.29, 0.717) is 0 Å². The van der Waals surface area contributed by atoms with Crippen molar-refractivity contribution < 1.29 is 9.90 Å². The average molecular weight is 127 g/mol. The summed E-state index contributed by atoms with van der Waals surface area (Å²) in [6.07, 6.45) is 6.00. The summed E-state index contributed by atoms with van der Waals surface area (Å²) in [5, 5.41) is 14.7. The number of carboxylic acids is 1. The Morgan fingerprint density at radius 1 is 1.33 bits per heavy atom. The molecule has 0 radical (unpaired) electrons. The van der Waals surface area contributed by atoms with Crippen molar-refractivity contribution in [1.82, 2.24) is 0 Å². The molecule has 0 amide bonds. The van der Waals surface area contributed by atoms with E-state index in [4.69, 9.17) is 15.2 Å². The van der Waals surface area contributed by atoms with Crippen molar-refractivity contribution >= 4 is 5.97 Å². The summed E-state index contributed by atoms with van der Waals surface area (Å²) in [7, 11) is 0. The van der Waals surface area contributed by atoms with E-state index < -0.39 is 5.97 Å². The summed E-state index contributed by atoms with van der Waals surface area (Å²) < 4.78 is 0. The van der Waals surface area contributed by atoms with E-state index in [-0.39, 0.29) is 0 Å². The van der Waals surface area contributed by atoms with Gasteiger partial charge in [-0.05, 0) is 0 Å². The molecule has 9 heavy (non-hydrogen) atoms. The molecule has 0 aromatic rings. The molecule has 0 aromatic heterocycles. The maximum atomic E-state index is 9.01. The molecule has 1 aliphatic carbocycles. The number of carbonyl (C=O) groups is 1. The Balaban J connectivity index is 0.000000144. The number of aliphatic carboxylic acids is 1. The SMILES string of the molecule is C1CCC1.N#CC(=O)O. The first-order valence-corrected chi connectivity index (χ1v) is 2.90. The molecule has 0 aliphatic heterocycles. The van der Waals surface area contributed by atoms with Gasteiger partial charge in [-0.25, -0.2) is 4.79 Å². The van der Waals surface area contributed by atoms with E-state index in [0.717, 1.165) is 6.07 Å². The Morgan fingerprint density at radius 3 is 1.56 bits per heavy atom. The fourth-order valence-electron chi connectivity index (χ4n) is 0.250. The van der Waals surface area contributed by atoms with Crippen molar-refractivity contribution in [1.29, 1.82) is 5.26 Å². The van der Waals surface area contributed by atoms with Gasteiger partial charge in [0.1, 0.15) is 0 Å². The lowest BCUT2D eigenvalue weighted by atomic mass is 10.0. The van der Waals surface area contributed by atoms with Crippen LogP contribution >= 0.6 is 0 Å². The molecule has 0 spiro atoms. The molecule has 0 heterocycles. The van der Waals surface area contributed by atoms with Crippen LogP contribution in [-0.2, 0) is 4.79 Å². The van der Waals surface area contributed by atoms with Crippen LogP contribution < -0.4 is 0 Å². The van der Waals surface area contributed by atoms with Crippen molar-refractivity contribution in [2.24, 2.45) is 0 Å². The predicted octanol–water partition coefficient (Wildman–Crippen LogP) is 1.15. The number of rotatable bonds is 0. The van der Waals surface area contributed by atoms with Gasteiger partial charge in [-0.2, -0.15) is 5.26 Å². The fraction of sp³-hybridized carbons (Fsp3) is 0.667. The number of hydrogen-bond donors (Lipinski definition) is 1. The van der Waals surface area contributed by atoms with Gasteiger partial charge in [0, 0.05) is 0 Å². The highest BCUT2D eigenvalue weighted by atomic mass is 16.4. The first kappa shape index (κ1) is 7.96. The van der Waals surface area contributed by atoms with E-state index in [1.54, 1.807) is 0 Å². The Morgan fingerprint density at radius 2 is 1.56 bits per heavy atom. The van der Waals surface area contributed by atoms with Crippen LogP contribution in [0, 0.1) is 11.3 Å². The van der Waals surface area contributed by atoms with Gasteiger partial charge in [0.05, 0.1) is 0 Å². The molecule has 3 heteroatoms. The summed E-state index contributed by atoms with van der Waals surface area (Å²) in [6, 6.07) is 0.944. The lowest BCUT2D eigenvalue weighted by Crippen LogP contribution is -1.85. The molecule has 0 saturated heterocycles. The van der Waals surface area contributed by atoms with E-state index in [1.165, 1.54) is 25.7 Å². The van der Waals surface area contributed by atoms with Crippen LogP contribution in [-0.4, -0.2) is 11.1 Å². The van der Waals surface area contributed by atoms with Gasteiger partial charge in [0.2, 0.25) is 0 Å². The van der Waals surface area contributed by atoms with Crippen LogP contribution in [0.1, 0.15) is 25.7 Å². The molecule has 50 valence electrons. The molecule has 0 unspecified atom stereocenters. The first-order chi connectivity index (χ1) is 4.27. The van der Waals surface area contributed by atoms with E-state index >= 15 is 0 Å². The monoisotopic (exact) mass is 127 g/mol. The fourth-order valence-corrected chi connectivity index (χ4v) is 0.250. The van der Waals surface area contributed by atoms with Crippen LogP contribution in [0.2, 0.25) is 0 Å². The van der Waals surface area contributed by atoms with Crippen molar-refractivity contribution in [2.45, 2.75) is 25.7 Å². The largest absolute Gasteiger partial charge is 0.470 e. The number of nitrogens with zero attached hydrogens (tertiary/aromatic N) is 1. The Bertz CT molecular complexity index is 118. The number of nitriles is 1. The minimum Gasteiger partial charge on any atom is -0.470 e. The molecule has 1 aliphatic rings. The van der Waals surface area contributed by atoms with Crippen LogP contribution in [0.4, 0.5) is 0 Å². The summed E-state index contributed by atoms with van der Waals surface area (Å²) >= 11 is 0. The number of hydrogen-bond acceptors (Lipinski definition) is 2. The van der Waals surface area contributed by atoms with Crippen molar-refractivity contribution in [3.63, 3.8) is 0 Å². The minimum atomic E-state index is -1.44. The van der Waals surface area contributed by atoms with Crippen LogP contribution in [0.25, 0.3) is 0 Å². The lowest BCUT2D eigenvalue weighted by Gasteiger charge is -2.05. The standard InChI is InChI=1S/C4H8.C2HNO2/c1-2-4-3-1;3-1-2(4)5/h1-4H2;(H,4,5). The van der Waals surface area contributed by atoms with Crippen molar-refractivity contribution in [3.05, 3.63) is 0 Å². The van der Waals surface area contributed by atoms with Gasteiger partial charge < -0.3 is 5.11 Å². The molecule has 1 rings (SSSR count). The topological polar surface area (TPSA) is 61.1 Å². The Hall–Kier alpha value is -1.04. The maximum absolute atomic E-state index is 9.01. The summed E-state index contributed by atoms with van der Waals surface area (Å²) in [6.45, 7) is 0. The summed E-state index contributed by atoms with van der Waals surface area (Å²) in [5.74, 6) is -1.44. The number of carboxylic acid groups (broad SMARTS) is 1. The highest BCUT2D eigenvalue weighted by Crippen LogP contribution is 2.15. The maximum Gasteiger partial charge on any atom is 0.408 e. The van der Waals surface area contributed by atoms with Gasteiger partial charge in [-0.1, -0.05) is 25.7 Å². The predicted molar refractivity (Wildman–Crippen MR) is 31.7 cm³/mol. The van der Waals surface area contributed by atoms with Crippen LogP contribution in [0.15, 0.2) is 0 Å². The van der Waals surface area contributed by atoms with Gasteiger partial charge >= 0.3 is 5.97 Å². The molecule has 0 bridgehead atoms. The Labute approximate surface area is 53.9 Å². The highest BCUT2D eigenvalue weighted by molar-refractivity contribution is 5.83. The van der Waals surface area contributed by atoms with Gasteiger partial charge in [0.25, 0.3) is 0 Å². The van der Waals surface area contributed by atoms with Crippen LogP contribution in [0.5, 0.6) is 0 Å². The van der Waals surface area contributed by atoms with Crippen molar-refractivity contribution in [2.75, 3.05) is 0 Å². The van der Waals surface area contributed by atoms with E-state index in [9.17, 15) is 0 Å². The molecule has 1 N–H and O–H groups in total. The quantitative estimate of drug-likeness (QED) is 0.392. The third-order valence-corrected chi connectivity index (χ3v) is 1.10. The van der Waals surface area contributed by atoms with Gasteiger partial charge in [0.15, 0.2) is 6.07 Å². The zero-order chi connectivity index (χ0) is 7.11. The van der Waals surface area contributed by atoms with Gasteiger partial charge in [-0.15, -0.1) is 0 Å². The van der Waals surface area contributed by atoms with Gasteiger partial charge in [-0.3, -0.25) is 0 Å². The first-order valence-electron chi connectivity index (χ1n) is 2.90. The molecule has 0 atom stereocenters. The lowest BCUT2D eigenvalue weighted by molar-refractivity contribution is -0.130.